The third-order valence-electron chi connectivity index (χ3n) is 9.19. The molecule has 0 saturated heterocycles. The molecule has 0 aliphatic carbocycles. The van der Waals surface area contributed by atoms with Crippen LogP contribution in [0.25, 0.3) is 0 Å². The lowest BCUT2D eigenvalue weighted by atomic mass is 10.0. The van der Waals surface area contributed by atoms with Gasteiger partial charge in [-0.05, 0) is 148 Å². The van der Waals surface area contributed by atoms with Crippen LogP contribution >= 0.6 is 0 Å². The van der Waals surface area contributed by atoms with E-state index in [4.69, 9.17) is 40.1 Å². The van der Waals surface area contributed by atoms with Crippen LogP contribution in [0, 0.1) is 0 Å². The van der Waals surface area contributed by atoms with E-state index >= 15 is 0 Å². The number of aliphatic carboxylic acids is 1. The Bertz CT molecular complexity index is 1120. The first-order valence-corrected chi connectivity index (χ1v) is 20.1. The van der Waals surface area contributed by atoms with Crippen molar-refractivity contribution < 1.29 is 52.3 Å². The molecule has 6 atom stereocenters. The molecule has 56 heavy (non-hydrogen) atoms. The van der Waals surface area contributed by atoms with Crippen molar-refractivity contribution in [3.63, 3.8) is 0 Å². The highest BCUT2D eigenvalue weighted by Gasteiger charge is 2.32. The number of hydrogen-bond acceptors (Lipinski definition) is 13. The van der Waals surface area contributed by atoms with Crippen LogP contribution < -0.4 is 83.7 Å². The fourth-order valence-electron chi connectivity index (χ4n) is 5.80. The van der Waals surface area contributed by atoms with Crippen molar-refractivity contribution in [3.05, 3.63) is 0 Å². The van der Waals surface area contributed by atoms with Gasteiger partial charge in [0.2, 0.25) is 29.5 Å². The zero-order chi connectivity index (χ0) is 41.4. The summed E-state index contributed by atoms with van der Waals surface area (Å²) in [5, 5.41) is 23.2. The molecule has 19 nitrogen and oxygen atoms in total. The van der Waals surface area contributed by atoms with E-state index in [1.165, 1.54) is 0 Å². The van der Waals surface area contributed by atoms with E-state index in [2.05, 4.69) is 26.6 Å². The number of carboxylic acid groups (broad SMARTS) is 1. The summed E-state index contributed by atoms with van der Waals surface area (Å²) >= 11 is 0. The minimum absolute atomic E-state index is 0. The topological polar surface area (TPSA) is 365 Å². The van der Waals surface area contributed by atoms with Gasteiger partial charge in [-0.15, -0.1) is 0 Å². The van der Waals surface area contributed by atoms with Crippen molar-refractivity contribution in [2.45, 2.75) is 152 Å². The Hall–Kier alpha value is -2.98. The Morgan fingerprint density at radius 3 is 0.839 bits per heavy atom. The number of carbonyl (C=O) groups excluding carboxylic acids is 5. The summed E-state index contributed by atoms with van der Waals surface area (Å²) in [6.07, 6.45) is 8.03. The van der Waals surface area contributed by atoms with Crippen LogP contribution in [0.15, 0.2) is 0 Å². The van der Waals surface area contributed by atoms with Crippen LogP contribution in [0.4, 0.5) is 0 Å². The van der Waals surface area contributed by atoms with E-state index in [-0.39, 0.29) is 50.5 Å². The molecule has 0 saturated carbocycles. The van der Waals surface area contributed by atoms with E-state index < -0.39 is 71.8 Å². The van der Waals surface area contributed by atoms with Gasteiger partial charge >= 0.3 is 7.40 Å². The van der Waals surface area contributed by atoms with Gasteiger partial charge in [-0.2, -0.15) is 0 Å². The SMILES string of the molecule is NCCCC[C@H](NC(=O)[C@H](CCCCN)NC(=O)[C@H](CCCCN)NC(=O)[C@H](CCCCN)NC(=O)[C@H](CCCCN)NC(=O)[C@@H](N)CCCCN)C(=O)O.[Br-].[H+]. The van der Waals surface area contributed by atoms with E-state index in [9.17, 15) is 33.9 Å². The predicted molar refractivity (Wildman–Crippen MR) is 214 cm³/mol. The minimum Gasteiger partial charge on any atom is -1.00 e. The van der Waals surface area contributed by atoms with Gasteiger partial charge in [0, 0.05) is 0 Å². The molecule has 328 valence electrons. The number of nitrogens with one attached hydrogen (secondary N) is 5. The zero-order valence-electron chi connectivity index (χ0n) is 34.3. The summed E-state index contributed by atoms with van der Waals surface area (Å²) in [4.78, 5) is 79.6. The highest BCUT2D eigenvalue weighted by atomic mass is 79.9. The van der Waals surface area contributed by atoms with Crippen LogP contribution in [0.1, 0.15) is 117 Å². The van der Waals surface area contributed by atoms with Gasteiger partial charge in [-0.1, -0.05) is 6.42 Å². The molecule has 0 aliphatic heterocycles. The fourth-order valence-corrected chi connectivity index (χ4v) is 5.80. The molecule has 0 rings (SSSR count). The lowest BCUT2D eigenvalue weighted by molar-refractivity contribution is -0.142. The average molecular weight is 868 g/mol. The number of amides is 5. The summed E-state index contributed by atoms with van der Waals surface area (Å²) in [6.45, 7) is 2.30. The summed E-state index contributed by atoms with van der Waals surface area (Å²) in [5.74, 6) is -4.27. The molecule has 20 heteroatoms. The van der Waals surface area contributed by atoms with Gasteiger partial charge in [-0.3, -0.25) is 24.0 Å². The van der Waals surface area contributed by atoms with Crippen molar-refractivity contribution >= 4 is 35.5 Å². The maximum atomic E-state index is 13.9. The Kier molecular flexibility index (Phi) is 34.6. The monoisotopic (exact) mass is 867 g/mol. The van der Waals surface area contributed by atoms with E-state index in [0.29, 0.717) is 123 Å². The molecule has 0 aromatic carbocycles. The molecule has 20 N–H and O–H groups in total. The van der Waals surface area contributed by atoms with Crippen LogP contribution in [0.2, 0.25) is 0 Å². The van der Waals surface area contributed by atoms with Crippen molar-refractivity contribution in [1.29, 1.82) is 0 Å². The van der Waals surface area contributed by atoms with E-state index in [1.807, 2.05) is 0 Å². The molecule has 0 bridgehead atoms. The molecule has 0 spiro atoms. The number of carbonyl (C=O) groups is 6. The summed E-state index contributed by atoms with van der Waals surface area (Å²) in [5.41, 5.74) is 39.9. The first-order valence-electron chi connectivity index (χ1n) is 20.1. The molecule has 0 aromatic rings. The van der Waals surface area contributed by atoms with Gasteiger partial charge in [0.25, 0.3) is 0 Å². The molecular weight excluding hydrogens is 792 g/mol. The Morgan fingerprint density at radius 1 is 0.375 bits per heavy atom. The minimum atomic E-state index is -1.21. The van der Waals surface area contributed by atoms with Crippen molar-refractivity contribution in [1.82, 2.24) is 26.6 Å². The third kappa shape index (κ3) is 25.3. The number of carboxylic acids is 1. The molecule has 0 fully saturated rings. The second-order valence-corrected chi connectivity index (χ2v) is 14.0. The molecule has 0 heterocycles. The quantitative estimate of drug-likeness (QED) is 0.0265. The largest absolute Gasteiger partial charge is 1.00 e. The number of unbranched alkanes of at least 4 members (excludes halogenated alkanes) is 6. The van der Waals surface area contributed by atoms with Crippen molar-refractivity contribution in [2.24, 2.45) is 40.1 Å². The predicted octanol–water partition coefficient (Wildman–Crippen LogP) is -5.29. The summed E-state index contributed by atoms with van der Waals surface area (Å²) in [6, 6.07) is -6.34. The second-order valence-electron chi connectivity index (χ2n) is 14.0. The lowest BCUT2D eigenvalue weighted by Crippen LogP contribution is -3.00. The van der Waals surface area contributed by atoms with Crippen LogP contribution in [-0.2, 0) is 28.8 Å². The van der Waals surface area contributed by atoms with E-state index in [0.717, 1.165) is 0 Å². The Morgan fingerprint density at radius 2 is 0.589 bits per heavy atom. The molecule has 0 radical (unpaired) electrons. The van der Waals surface area contributed by atoms with Gasteiger partial charge < -0.3 is 88.8 Å². The van der Waals surface area contributed by atoms with Crippen LogP contribution in [0.5, 0.6) is 0 Å². The highest BCUT2D eigenvalue weighted by molar-refractivity contribution is 5.96. The Balaban J connectivity index is -0.0000146. The molecular formula is C36H75BrN12O7. The maximum absolute atomic E-state index is 13.9. The second kappa shape index (κ2) is 35.2. The van der Waals surface area contributed by atoms with Gasteiger partial charge in [0.05, 0.1) is 6.04 Å². The first-order chi connectivity index (χ1) is 26.4. The van der Waals surface area contributed by atoms with Crippen LogP contribution in [-0.4, -0.2) is 116 Å². The van der Waals surface area contributed by atoms with Gasteiger partial charge in [-0.25, -0.2) is 4.79 Å². The summed E-state index contributed by atoms with van der Waals surface area (Å²) in [7, 11) is 0. The third-order valence-corrected chi connectivity index (χ3v) is 9.19. The molecule has 0 aliphatic rings. The highest BCUT2D eigenvalue weighted by Crippen LogP contribution is 2.11. The Labute approximate surface area is 344 Å². The smallest absolute Gasteiger partial charge is 1.00 e. The molecule has 0 aromatic heterocycles. The number of nitrogens with two attached hydrogens (primary N) is 7. The maximum Gasteiger partial charge on any atom is 1.00 e. The van der Waals surface area contributed by atoms with Gasteiger partial charge in [0.15, 0.2) is 0 Å². The molecule has 0 unspecified atom stereocenters. The average Bonchev–Trinajstić information content (AvgIpc) is 3.15. The van der Waals surface area contributed by atoms with Crippen LogP contribution in [0.3, 0.4) is 0 Å². The standard InChI is InChI=1S/C36H74N12O7.BrH/c37-19-7-1-13-25(43)31(49)44-26(14-2-8-20-38)32(50)45-27(15-3-9-21-39)33(51)46-28(16-4-10-22-40)34(52)47-29(17-5-11-23-41)35(53)48-30(36(54)55)18-6-12-24-42;/h25-30H,1-24,37-43H2,(H,44,49)(H,45,50)(H,46,51)(H,47,52)(H,48,53)(H,54,55);1H/t25-,26-,27-,28-,29-,30-;/m0./s1. The summed E-state index contributed by atoms with van der Waals surface area (Å²) < 4.78 is 0. The van der Waals surface area contributed by atoms with Crippen molar-refractivity contribution in [3.8, 4) is 0 Å². The first kappa shape index (κ1) is 55.1. The number of rotatable bonds is 35. The fraction of sp³-hybridized carbons (Fsp3) is 0.833. The number of hydrogen-bond donors (Lipinski definition) is 13. The van der Waals surface area contributed by atoms with E-state index in [1.54, 1.807) is 0 Å². The lowest BCUT2D eigenvalue weighted by Gasteiger charge is -2.27. The zero-order valence-corrected chi connectivity index (χ0v) is 34.8. The van der Waals surface area contributed by atoms with Gasteiger partial charge in [0.1, 0.15) is 30.2 Å². The number of halogens is 1. The van der Waals surface area contributed by atoms with Crippen molar-refractivity contribution in [2.75, 3.05) is 39.3 Å². The normalized spacial score (nSPS) is 14.2. The molecule has 5 amide bonds.